The van der Waals surface area contributed by atoms with Gasteiger partial charge in [0.1, 0.15) is 29.3 Å². The molecule has 1 saturated heterocycles. The third-order valence-electron chi connectivity index (χ3n) is 8.21. The molecule has 244 valence electrons. The van der Waals surface area contributed by atoms with Crippen molar-refractivity contribution in [2.45, 2.75) is 89.3 Å². The standard InChI is InChI=1S/C30H41ClN7O5PS/c1-18-16-23(41-27(18)37-15-14-24-25(37)33-29(32)34-26(24)38(36-45-4)20-10-11-20)17-40-44(43-22-12-8-19(31)9-13-22)35-30(2,3)28(39)42-21-6-5-7-21/h8-9,12-15,18,20-21,23,27,35-36H,5-7,10-11,16-17H2,1-4H3,(H2,32,33,34). The molecule has 0 bridgehead atoms. The summed E-state index contributed by atoms with van der Waals surface area (Å²) >= 11 is 7.61. The average Bonchev–Trinajstić information content (AvgIpc) is 3.63. The van der Waals surface area contributed by atoms with E-state index >= 15 is 0 Å². The highest BCUT2D eigenvalue weighted by molar-refractivity contribution is 7.96. The number of nitrogens with zero attached hydrogens (tertiary/aromatic N) is 4. The molecule has 15 heteroatoms. The first-order valence-corrected chi connectivity index (χ1v) is 18.1. The second kappa shape index (κ2) is 13.8. The molecular weight excluding hydrogens is 637 g/mol. The number of carbonyl (C=O) groups is 1. The van der Waals surface area contributed by atoms with Crippen LogP contribution in [0.5, 0.6) is 5.75 Å². The van der Waals surface area contributed by atoms with Crippen LogP contribution in [0.3, 0.4) is 0 Å². The molecule has 3 fully saturated rings. The van der Waals surface area contributed by atoms with Gasteiger partial charge in [-0.3, -0.25) is 9.80 Å². The maximum Gasteiger partial charge on any atom is 0.326 e. The fourth-order valence-corrected chi connectivity index (χ4v) is 7.28. The molecule has 6 rings (SSSR count). The summed E-state index contributed by atoms with van der Waals surface area (Å²) < 4.78 is 26.8. The van der Waals surface area contributed by atoms with Crippen LogP contribution in [-0.2, 0) is 18.8 Å². The fraction of sp³-hybridized carbons (Fsp3) is 0.567. The second-order valence-corrected chi connectivity index (χ2v) is 14.6. The normalized spacial score (nSPS) is 22.7. The van der Waals surface area contributed by atoms with Gasteiger partial charge < -0.3 is 28.8 Å². The molecule has 2 saturated carbocycles. The third kappa shape index (κ3) is 7.62. The van der Waals surface area contributed by atoms with Crippen LogP contribution < -0.4 is 25.2 Å². The molecule has 2 aliphatic carbocycles. The first kappa shape index (κ1) is 32.6. The quantitative estimate of drug-likeness (QED) is 0.0783. The number of nitrogen functional groups attached to an aromatic ring is 1. The van der Waals surface area contributed by atoms with Crippen molar-refractivity contribution in [2.75, 3.05) is 23.6 Å². The van der Waals surface area contributed by atoms with Gasteiger partial charge in [0.05, 0.1) is 18.1 Å². The maximum absolute atomic E-state index is 13.0. The Morgan fingerprint density at radius 2 is 1.98 bits per heavy atom. The largest absolute Gasteiger partial charge is 0.461 e. The Kier molecular flexibility index (Phi) is 9.96. The van der Waals surface area contributed by atoms with Crippen LogP contribution in [0, 0.1) is 5.92 Å². The number of hydrogen-bond donors (Lipinski definition) is 3. The van der Waals surface area contributed by atoms with E-state index in [0.29, 0.717) is 16.8 Å². The molecule has 3 aromatic rings. The second-order valence-electron chi connectivity index (χ2n) is 12.4. The number of aromatic nitrogens is 3. The van der Waals surface area contributed by atoms with E-state index in [4.69, 9.17) is 35.9 Å². The van der Waals surface area contributed by atoms with Gasteiger partial charge in [0, 0.05) is 23.2 Å². The number of fused-ring (bicyclic) bond motifs is 1. The number of benzene rings is 1. The summed E-state index contributed by atoms with van der Waals surface area (Å²) in [5.74, 6) is 1.40. The van der Waals surface area contributed by atoms with Gasteiger partial charge in [0.25, 0.3) is 0 Å². The van der Waals surface area contributed by atoms with E-state index in [1.54, 1.807) is 38.1 Å². The van der Waals surface area contributed by atoms with Crippen molar-refractivity contribution in [3.8, 4) is 5.75 Å². The highest BCUT2D eigenvalue weighted by atomic mass is 35.5. The number of nitrogens with one attached hydrogen (secondary N) is 2. The Balaban J connectivity index is 1.15. The monoisotopic (exact) mass is 677 g/mol. The fourth-order valence-electron chi connectivity index (χ4n) is 5.39. The Morgan fingerprint density at radius 1 is 1.22 bits per heavy atom. The van der Waals surface area contributed by atoms with Crippen LogP contribution >= 0.6 is 32.1 Å². The van der Waals surface area contributed by atoms with Crippen LogP contribution in [0.15, 0.2) is 36.5 Å². The van der Waals surface area contributed by atoms with E-state index < -0.39 is 14.1 Å². The summed E-state index contributed by atoms with van der Waals surface area (Å²) in [7, 11) is -1.75. The lowest BCUT2D eigenvalue weighted by atomic mass is 9.96. The first-order chi connectivity index (χ1) is 21.6. The molecule has 1 aromatic carbocycles. The number of rotatable bonds is 14. The van der Waals surface area contributed by atoms with Crippen molar-refractivity contribution in [3.05, 3.63) is 41.6 Å². The predicted molar refractivity (Wildman–Crippen MR) is 178 cm³/mol. The third-order valence-corrected chi connectivity index (χ3v) is 10.3. The van der Waals surface area contributed by atoms with E-state index in [0.717, 1.165) is 55.4 Å². The van der Waals surface area contributed by atoms with Gasteiger partial charge in [-0.1, -0.05) is 30.5 Å². The van der Waals surface area contributed by atoms with Crippen LogP contribution in [-0.4, -0.2) is 57.2 Å². The molecule has 45 heavy (non-hydrogen) atoms. The minimum absolute atomic E-state index is 0.0201. The Labute approximate surface area is 274 Å². The lowest BCUT2D eigenvalue weighted by molar-refractivity contribution is -0.159. The number of anilines is 2. The Hall–Kier alpha value is -2.38. The maximum atomic E-state index is 13.0. The lowest BCUT2D eigenvalue weighted by Crippen LogP contribution is -2.48. The molecule has 4 atom stereocenters. The van der Waals surface area contributed by atoms with Crippen LogP contribution in [0.1, 0.15) is 65.5 Å². The minimum Gasteiger partial charge on any atom is -0.461 e. The number of halogens is 1. The van der Waals surface area contributed by atoms with Crippen molar-refractivity contribution < 1.29 is 23.3 Å². The van der Waals surface area contributed by atoms with Crippen LogP contribution in [0.25, 0.3) is 11.0 Å². The summed E-state index contributed by atoms with van der Waals surface area (Å²) in [5, 5.41) is 6.86. The van der Waals surface area contributed by atoms with Gasteiger partial charge in [0.2, 0.25) is 5.95 Å². The number of carbonyl (C=O) groups excluding carboxylic acids is 1. The van der Waals surface area contributed by atoms with Gasteiger partial charge in [-0.05, 0) is 89.0 Å². The molecule has 3 heterocycles. The zero-order valence-electron chi connectivity index (χ0n) is 25.9. The number of nitrogens with two attached hydrogens (primary N) is 1. The van der Waals surface area contributed by atoms with E-state index in [9.17, 15) is 4.79 Å². The minimum atomic E-state index is -1.75. The molecule has 3 aliphatic rings. The number of ether oxygens (including phenoxy) is 2. The molecule has 12 nitrogen and oxygen atoms in total. The highest BCUT2D eigenvalue weighted by Crippen LogP contribution is 2.43. The van der Waals surface area contributed by atoms with E-state index in [2.05, 4.69) is 31.8 Å². The average molecular weight is 678 g/mol. The molecule has 1 aliphatic heterocycles. The van der Waals surface area contributed by atoms with E-state index in [-0.39, 0.29) is 42.9 Å². The lowest BCUT2D eigenvalue weighted by Gasteiger charge is -2.33. The first-order valence-electron chi connectivity index (χ1n) is 15.3. The molecule has 2 aromatic heterocycles. The molecule has 0 spiro atoms. The zero-order chi connectivity index (χ0) is 31.7. The van der Waals surface area contributed by atoms with Crippen molar-refractivity contribution in [1.29, 1.82) is 0 Å². The van der Waals surface area contributed by atoms with E-state index in [1.165, 1.54) is 11.9 Å². The summed E-state index contributed by atoms with van der Waals surface area (Å²) in [6, 6.07) is 9.43. The molecule has 4 unspecified atom stereocenters. The molecular formula is C30H41ClN7O5PS. The SMILES string of the molecule is CSNN(c1nc(N)nc2c1ccn2C1OC(COP(NC(C)(C)C(=O)OC2CCC2)Oc2ccc(Cl)cc2)CC1C)C1CC1. The van der Waals surface area contributed by atoms with Gasteiger partial charge in [-0.2, -0.15) is 14.8 Å². The predicted octanol–water partition coefficient (Wildman–Crippen LogP) is 6.13. The zero-order valence-corrected chi connectivity index (χ0v) is 28.4. The molecule has 0 amide bonds. The summed E-state index contributed by atoms with van der Waals surface area (Å²) in [4.78, 5) is 25.6. The highest BCUT2D eigenvalue weighted by Gasteiger charge is 2.39. The topological polar surface area (TPSA) is 138 Å². The number of hydrazine groups is 1. The van der Waals surface area contributed by atoms with Crippen molar-refractivity contribution in [3.63, 3.8) is 0 Å². The molecule has 0 radical (unpaired) electrons. The summed E-state index contributed by atoms with van der Waals surface area (Å²) in [6.45, 7) is 5.97. The molecule has 4 N–H and O–H groups in total. The van der Waals surface area contributed by atoms with Crippen molar-refractivity contribution >= 4 is 60.8 Å². The van der Waals surface area contributed by atoms with Crippen molar-refractivity contribution in [2.24, 2.45) is 5.92 Å². The smallest absolute Gasteiger partial charge is 0.326 e. The van der Waals surface area contributed by atoms with Crippen LogP contribution in [0.2, 0.25) is 5.02 Å². The van der Waals surface area contributed by atoms with Crippen molar-refractivity contribution in [1.82, 2.24) is 24.5 Å². The van der Waals surface area contributed by atoms with Gasteiger partial charge in [-0.25, -0.2) is 5.09 Å². The van der Waals surface area contributed by atoms with Gasteiger partial charge >= 0.3 is 14.5 Å². The van der Waals surface area contributed by atoms with Gasteiger partial charge in [0.15, 0.2) is 5.82 Å². The number of esters is 1. The van der Waals surface area contributed by atoms with Gasteiger partial charge in [-0.15, -0.1) is 0 Å². The Morgan fingerprint density at radius 3 is 2.64 bits per heavy atom. The summed E-state index contributed by atoms with van der Waals surface area (Å²) in [5.41, 5.74) is 5.91. The Bertz CT molecular complexity index is 1490. The van der Waals surface area contributed by atoms with E-state index in [1.807, 2.05) is 23.1 Å². The summed E-state index contributed by atoms with van der Waals surface area (Å²) in [6.07, 6.45) is 9.31. The van der Waals surface area contributed by atoms with Crippen LogP contribution in [0.4, 0.5) is 11.8 Å². The number of hydrogen-bond acceptors (Lipinski definition) is 12.